The number of rotatable bonds is 3. The summed E-state index contributed by atoms with van der Waals surface area (Å²) in [6.07, 6.45) is 12.2. The Hall–Kier alpha value is -1.56. The van der Waals surface area contributed by atoms with E-state index < -0.39 is 0 Å². The van der Waals surface area contributed by atoms with Crippen molar-refractivity contribution in [3.8, 4) is 0 Å². The molecule has 0 radical (unpaired) electrons. The van der Waals surface area contributed by atoms with Gasteiger partial charge in [-0.1, -0.05) is 66.8 Å². The zero-order valence-electron chi connectivity index (χ0n) is 7.85. The van der Waals surface area contributed by atoms with E-state index in [-0.39, 0.29) is 0 Å². The van der Waals surface area contributed by atoms with E-state index >= 15 is 0 Å². The van der Waals surface area contributed by atoms with E-state index in [1.807, 2.05) is 55.5 Å². The maximum absolute atomic E-state index is 2.08. The predicted octanol–water partition coefficient (Wildman–Crippen LogP) is 3.83. The topological polar surface area (TPSA) is 0 Å². The van der Waals surface area contributed by atoms with Crippen LogP contribution in [0.2, 0.25) is 0 Å². The number of benzene rings is 1. The Morgan fingerprint density at radius 2 is 1.54 bits per heavy atom. The van der Waals surface area contributed by atoms with Gasteiger partial charge in [0.1, 0.15) is 0 Å². The van der Waals surface area contributed by atoms with Crippen LogP contribution < -0.4 is 0 Å². The summed E-state index contributed by atoms with van der Waals surface area (Å²) in [4.78, 5) is 0. The van der Waals surface area contributed by atoms with Gasteiger partial charge in [0, 0.05) is 0 Å². The fourth-order valence-corrected chi connectivity index (χ4v) is 0.970. The second-order valence-corrected chi connectivity index (χ2v) is 2.68. The summed E-state index contributed by atoms with van der Waals surface area (Å²) in [7, 11) is 0. The highest BCUT2D eigenvalue weighted by Gasteiger charge is 1.78. The van der Waals surface area contributed by atoms with Crippen molar-refractivity contribution in [2.45, 2.75) is 6.92 Å². The molecule has 13 heavy (non-hydrogen) atoms. The molecule has 0 aromatic heterocycles. The molecule has 0 N–H and O–H groups in total. The molecule has 0 aliphatic carbocycles. The van der Waals surface area contributed by atoms with Crippen molar-refractivity contribution in [3.63, 3.8) is 0 Å². The molecule has 0 aliphatic rings. The lowest BCUT2D eigenvalue weighted by molar-refractivity contribution is 1.66. The quantitative estimate of drug-likeness (QED) is 0.605. The Morgan fingerprint density at radius 3 is 2.23 bits per heavy atom. The third-order valence-electron chi connectivity index (χ3n) is 1.61. The van der Waals surface area contributed by atoms with Crippen LogP contribution in [0.5, 0.6) is 0 Å². The van der Waals surface area contributed by atoms with E-state index in [1.54, 1.807) is 0 Å². The van der Waals surface area contributed by atoms with Gasteiger partial charge in [-0.3, -0.25) is 0 Å². The first-order chi connectivity index (χ1) is 6.43. The van der Waals surface area contributed by atoms with Crippen molar-refractivity contribution in [3.05, 3.63) is 66.3 Å². The summed E-state index contributed by atoms with van der Waals surface area (Å²) in [6, 6.07) is 10.3. The van der Waals surface area contributed by atoms with Crippen LogP contribution in [-0.4, -0.2) is 0 Å². The Bertz CT molecular complexity index is 302. The molecule has 0 bridgehead atoms. The molecule has 0 atom stereocenters. The minimum Gasteiger partial charge on any atom is -0.0877 e. The molecule has 1 aromatic rings. The maximum Gasteiger partial charge on any atom is -0.0257 e. The highest BCUT2D eigenvalue weighted by molar-refractivity contribution is 5.50. The van der Waals surface area contributed by atoms with Gasteiger partial charge >= 0.3 is 0 Å². The van der Waals surface area contributed by atoms with Crippen LogP contribution in [0.3, 0.4) is 0 Å². The van der Waals surface area contributed by atoms with Crippen molar-refractivity contribution >= 4 is 6.08 Å². The van der Waals surface area contributed by atoms with E-state index in [4.69, 9.17) is 0 Å². The molecule has 0 aliphatic heterocycles. The summed E-state index contributed by atoms with van der Waals surface area (Å²) in [6.45, 7) is 2.01. The van der Waals surface area contributed by atoms with Crippen LogP contribution in [0.1, 0.15) is 12.5 Å². The average molecular weight is 170 g/mol. The fraction of sp³-hybridized carbons (Fsp3) is 0.0769. The molecule has 0 heterocycles. The van der Waals surface area contributed by atoms with E-state index in [9.17, 15) is 0 Å². The molecule has 0 nitrogen and oxygen atoms in total. The van der Waals surface area contributed by atoms with Crippen LogP contribution >= 0.6 is 0 Å². The number of hydrogen-bond donors (Lipinski definition) is 0. The van der Waals surface area contributed by atoms with Crippen LogP contribution in [0.15, 0.2) is 60.7 Å². The minimum absolute atomic E-state index is 1.23. The van der Waals surface area contributed by atoms with Gasteiger partial charge in [-0.2, -0.15) is 0 Å². The van der Waals surface area contributed by atoms with Gasteiger partial charge in [0.05, 0.1) is 0 Å². The molecular formula is C13H14. The Labute approximate surface area is 79.9 Å². The third-order valence-corrected chi connectivity index (χ3v) is 1.61. The van der Waals surface area contributed by atoms with E-state index in [0.717, 1.165) is 0 Å². The smallest absolute Gasteiger partial charge is 0.0257 e. The lowest BCUT2D eigenvalue weighted by atomic mass is 10.2. The molecule has 1 aromatic carbocycles. The predicted molar refractivity (Wildman–Crippen MR) is 59.4 cm³/mol. The van der Waals surface area contributed by atoms with Gasteiger partial charge in [0.15, 0.2) is 0 Å². The number of allylic oxidation sites excluding steroid dienone is 5. The number of hydrogen-bond acceptors (Lipinski definition) is 0. The summed E-state index contributed by atoms with van der Waals surface area (Å²) in [5.41, 5.74) is 1.23. The molecule has 0 unspecified atom stereocenters. The van der Waals surface area contributed by atoms with E-state index in [2.05, 4.69) is 18.2 Å². The zero-order chi connectivity index (χ0) is 9.36. The second-order valence-electron chi connectivity index (χ2n) is 2.68. The van der Waals surface area contributed by atoms with Crippen LogP contribution in [0.4, 0.5) is 0 Å². The Kier molecular flexibility index (Phi) is 4.41. The molecule has 66 valence electrons. The summed E-state index contributed by atoms with van der Waals surface area (Å²) in [5.74, 6) is 0. The third kappa shape index (κ3) is 4.12. The minimum atomic E-state index is 1.23. The highest BCUT2D eigenvalue weighted by Crippen LogP contribution is 2.00. The van der Waals surface area contributed by atoms with Gasteiger partial charge in [0.2, 0.25) is 0 Å². The molecule has 0 spiro atoms. The largest absolute Gasteiger partial charge is 0.0877 e. The molecule has 0 saturated heterocycles. The van der Waals surface area contributed by atoms with Gasteiger partial charge in [-0.05, 0) is 12.5 Å². The molecule has 0 saturated carbocycles. The Morgan fingerprint density at radius 1 is 0.846 bits per heavy atom. The van der Waals surface area contributed by atoms with Gasteiger partial charge in [-0.25, -0.2) is 0 Å². The Balaban J connectivity index is 2.50. The van der Waals surface area contributed by atoms with Gasteiger partial charge < -0.3 is 0 Å². The molecule has 0 heteroatoms. The lowest BCUT2D eigenvalue weighted by Gasteiger charge is -1.87. The summed E-state index contributed by atoms with van der Waals surface area (Å²) in [5, 5.41) is 0. The second kappa shape index (κ2) is 6.01. The molecule has 1 rings (SSSR count). The van der Waals surface area contributed by atoms with E-state index in [1.165, 1.54) is 5.56 Å². The van der Waals surface area contributed by atoms with E-state index in [0.29, 0.717) is 0 Å². The molecule has 0 fully saturated rings. The molecule has 0 amide bonds. The SMILES string of the molecule is CC=CC=CC=Cc1ccccc1. The first kappa shape index (κ1) is 9.53. The zero-order valence-corrected chi connectivity index (χ0v) is 7.85. The van der Waals surface area contributed by atoms with Crippen molar-refractivity contribution in [1.82, 2.24) is 0 Å². The van der Waals surface area contributed by atoms with Crippen molar-refractivity contribution in [2.24, 2.45) is 0 Å². The first-order valence-corrected chi connectivity index (χ1v) is 4.44. The summed E-state index contributed by atoms with van der Waals surface area (Å²) < 4.78 is 0. The van der Waals surface area contributed by atoms with Crippen molar-refractivity contribution in [2.75, 3.05) is 0 Å². The first-order valence-electron chi connectivity index (χ1n) is 4.44. The standard InChI is InChI=1S/C13H14/c1-2-3-4-5-7-10-13-11-8-6-9-12-13/h2-12H,1H3. The monoisotopic (exact) mass is 170 g/mol. The fourth-order valence-electron chi connectivity index (χ4n) is 0.970. The highest BCUT2D eigenvalue weighted by atomic mass is 13.8. The summed E-state index contributed by atoms with van der Waals surface area (Å²) >= 11 is 0. The van der Waals surface area contributed by atoms with Gasteiger partial charge in [-0.15, -0.1) is 0 Å². The van der Waals surface area contributed by atoms with Crippen LogP contribution in [0.25, 0.3) is 6.08 Å². The van der Waals surface area contributed by atoms with Crippen LogP contribution in [-0.2, 0) is 0 Å². The molecular weight excluding hydrogens is 156 g/mol. The van der Waals surface area contributed by atoms with Crippen molar-refractivity contribution in [1.29, 1.82) is 0 Å². The maximum atomic E-state index is 2.08. The van der Waals surface area contributed by atoms with Gasteiger partial charge in [0.25, 0.3) is 0 Å². The average Bonchev–Trinajstić information content (AvgIpc) is 2.19. The van der Waals surface area contributed by atoms with Crippen molar-refractivity contribution < 1.29 is 0 Å². The normalized spacial score (nSPS) is 12.1. The van der Waals surface area contributed by atoms with Crippen LogP contribution in [0, 0.1) is 0 Å². The lowest BCUT2D eigenvalue weighted by Crippen LogP contribution is -1.66.